The highest BCUT2D eigenvalue weighted by molar-refractivity contribution is 6.15. The third kappa shape index (κ3) is 10.3. The molecule has 11 aromatic carbocycles. The molecule has 0 amide bonds. The molecule has 0 radical (unpaired) electrons. The molecular formula is C86H45N13. The summed E-state index contributed by atoms with van der Waals surface area (Å²) in [5.74, 6) is 0.462. The predicted molar refractivity (Wildman–Crippen MR) is 382 cm³/mol. The van der Waals surface area contributed by atoms with Crippen molar-refractivity contribution < 1.29 is 0 Å². The average Bonchev–Trinajstić information content (AvgIpc) is 1.58. The van der Waals surface area contributed by atoms with Crippen LogP contribution < -0.4 is 0 Å². The van der Waals surface area contributed by atoms with Gasteiger partial charge in [-0.1, -0.05) is 127 Å². The van der Waals surface area contributed by atoms with Crippen LogP contribution in [0.15, 0.2) is 248 Å². The van der Waals surface area contributed by atoms with Gasteiger partial charge in [0.2, 0.25) is 0 Å². The summed E-state index contributed by atoms with van der Waals surface area (Å²) in [6.45, 7) is 1.81. The number of fused-ring (bicyclic) bond motifs is 6. The Morgan fingerprint density at radius 3 is 1.23 bits per heavy atom. The van der Waals surface area contributed by atoms with Crippen LogP contribution in [0.4, 0.5) is 0 Å². The van der Waals surface area contributed by atoms with Crippen molar-refractivity contribution in [2.24, 2.45) is 5.41 Å². The summed E-state index contributed by atoms with van der Waals surface area (Å²) in [5, 5.41) is 97.3. The van der Waals surface area contributed by atoms with Gasteiger partial charge in [-0.15, -0.1) is 0 Å². The van der Waals surface area contributed by atoms with Crippen LogP contribution in [-0.4, -0.2) is 19.1 Å². The highest BCUT2D eigenvalue weighted by Gasteiger charge is 2.30. The van der Waals surface area contributed by atoms with Crippen LogP contribution >= 0.6 is 0 Å². The zero-order valence-corrected chi connectivity index (χ0v) is 52.6. The molecule has 0 saturated heterocycles. The number of aromatic nitrogens is 4. The van der Waals surface area contributed by atoms with Gasteiger partial charge in [0.15, 0.2) is 5.82 Å². The smallest absolute Gasteiger partial charge is 0.160 e. The standard InChI is InChI=1S/C86H45N13/c1-86(51-95)33-32-69(65(42-86)50-94)60-24-31-80-74(40-60)73-39-59(68-27-20-54(45-89)36-64(68)49-93)23-30-79(73)99(80)82-17-9-15-70(76-41-75(55-10-4-2-5-11-55)96-85(97-76)56-12-6-3-7-13-56)84(82)83-61(46-90)14-8-16-81(83)98-77-28-21-57(66-25-18-52(43-87)34-62(66)47-91)37-71(77)72-38-58(22-29-78(72)98)67-26-19-53(44-88)35-63(67)48-92/h2-32,34-42H,33H2,1H3. The van der Waals surface area contributed by atoms with Crippen molar-refractivity contribution in [3.05, 3.63) is 293 Å². The van der Waals surface area contributed by atoms with E-state index in [9.17, 15) is 47.4 Å². The molecule has 0 fully saturated rings. The Hall–Kier alpha value is -15.0. The number of hydrogen-bond donors (Lipinski definition) is 0. The number of rotatable bonds is 10. The van der Waals surface area contributed by atoms with Crippen molar-refractivity contribution in [1.29, 1.82) is 47.4 Å². The maximum absolute atomic E-state index is 11.9. The van der Waals surface area contributed by atoms with Gasteiger partial charge in [-0.25, -0.2) is 9.97 Å². The second-order valence-electron chi connectivity index (χ2n) is 24.3. The van der Waals surface area contributed by atoms with E-state index in [1.54, 1.807) is 66.7 Å². The van der Waals surface area contributed by atoms with Crippen LogP contribution in [0.2, 0.25) is 0 Å². The summed E-state index contributed by atoms with van der Waals surface area (Å²) in [7, 11) is 0. The molecule has 1 aliphatic carbocycles. The molecule has 1 aliphatic rings. The van der Waals surface area contributed by atoms with E-state index >= 15 is 0 Å². The molecule has 0 aliphatic heterocycles. The summed E-state index contributed by atoms with van der Waals surface area (Å²) in [6, 6.07) is 93.3. The third-order valence-electron chi connectivity index (χ3n) is 18.5. The van der Waals surface area contributed by atoms with Gasteiger partial charge in [-0.3, -0.25) is 0 Å². The summed E-state index contributed by atoms with van der Waals surface area (Å²) in [4.78, 5) is 10.7. The fraction of sp³-hybridized carbons (Fsp3) is 0.0349. The van der Waals surface area contributed by atoms with Crippen LogP contribution in [0.3, 0.4) is 0 Å². The highest BCUT2D eigenvalue weighted by atomic mass is 15.0. The second kappa shape index (κ2) is 24.5. The second-order valence-corrected chi connectivity index (χ2v) is 24.3. The molecule has 99 heavy (non-hydrogen) atoms. The number of allylic oxidation sites excluding steroid dienone is 4. The minimum atomic E-state index is -0.885. The lowest BCUT2D eigenvalue weighted by Gasteiger charge is -2.23. The minimum Gasteiger partial charge on any atom is -0.309 e. The molecule has 13 nitrogen and oxygen atoms in total. The van der Waals surface area contributed by atoms with E-state index in [-0.39, 0.29) is 0 Å². The molecule has 3 heterocycles. The quantitative estimate of drug-likeness (QED) is 0.124. The maximum Gasteiger partial charge on any atom is 0.160 e. The monoisotopic (exact) mass is 1260 g/mol. The summed E-state index contributed by atoms with van der Waals surface area (Å²) in [5.41, 5.74) is 16.0. The predicted octanol–water partition coefficient (Wildman–Crippen LogP) is 19.2. The van der Waals surface area contributed by atoms with Gasteiger partial charge in [-0.2, -0.15) is 47.4 Å². The summed E-state index contributed by atoms with van der Waals surface area (Å²) >= 11 is 0. The fourth-order valence-electron chi connectivity index (χ4n) is 13.8. The van der Waals surface area contributed by atoms with Crippen LogP contribution in [0, 0.1) is 107 Å². The number of nitriles is 9. The van der Waals surface area contributed by atoms with E-state index in [0.717, 1.165) is 60.3 Å². The first-order valence-electron chi connectivity index (χ1n) is 31.4. The van der Waals surface area contributed by atoms with Crippen molar-refractivity contribution in [2.75, 3.05) is 0 Å². The highest BCUT2D eigenvalue weighted by Crippen LogP contribution is 2.49. The van der Waals surface area contributed by atoms with Gasteiger partial charge in [0.1, 0.15) is 0 Å². The van der Waals surface area contributed by atoms with E-state index in [1.165, 1.54) is 0 Å². The number of nitrogens with zero attached hydrogens (tertiary/aromatic N) is 13. The molecule has 454 valence electrons. The number of hydrogen-bond acceptors (Lipinski definition) is 11. The van der Waals surface area contributed by atoms with E-state index in [0.29, 0.717) is 135 Å². The van der Waals surface area contributed by atoms with Crippen LogP contribution in [0.5, 0.6) is 0 Å². The zero-order chi connectivity index (χ0) is 68.1. The Kier molecular flexibility index (Phi) is 14.9. The maximum atomic E-state index is 11.9. The van der Waals surface area contributed by atoms with Gasteiger partial charge in [-0.05, 0) is 173 Å². The lowest BCUT2D eigenvalue weighted by molar-refractivity contribution is 0.572. The van der Waals surface area contributed by atoms with Gasteiger partial charge in [0, 0.05) is 49.4 Å². The Bertz CT molecular complexity index is 6150. The van der Waals surface area contributed by atoms with Gasteiger partial charge < -0.3 is 9.13 Å². The molecular weight excluding hydrogens is 1220 g/mol. The SMILES string of the molecule is CC1(C#N)C=C(C#N)C(c2ccc3c(c2)c2cc(-c4ccc(C#N)cc4C#N)ccc2n3-c2cccc(-c3cc(-c4ccccc4)nc(-c4ccccc4)n3)c2-c2c(C#N)cccc2-n2c3ccc(-c4ccc(C#N)cc4C#N)cc3c3cc(-c4ccc(C#N)cc4C#N)ccc32)=CC1. The molecule has 0 spiro atoms. The van der Waals surface area contributed by atoms with Crippen molar-refractivity contribution in [1.82, 2.24) is 19.1 Å². The first kappa shape index (κ1) is 60.2. The molecule has 14 aromatic rings. The number of benzene rings is 11. The molecule has 15 rings (SSSR count). The van der Waals surface area contributed by atoms with Gasteiger partial charge in [0.05, 0.1) is 149 Å². The van der Waals surface area contributed by atoms with E-state index in [2.05, 4.69) is 69.8 Å². The Labute approximate surface area is 568 Å². The normalized spacial score (nSPS) is 13.1. The van der Waals surface area contributed by atoms with Crippen molar-refractivity contribution in [3.8, 4) is 144 Å². The first-order chi connectivity index (χ1) is 48.5. The lowest BCUT2D eigenvalue weighted by atomic mass is 9.78. The lowest BCUT2D eigenvalue weighted by Crippen LogP contribution is -2.14. The molecule has 1 atom stereocenters. The Morgan fingerprint density at radius 2 is 0.778 bits per heavy atom. The van der Waals surface area contributed by atoms with E-state index < -0.39 is 5.41 Å². The summed E-state index contributed by atoms with van der Waals surface area (Å²) < 4.78 is 4.32. The zero-order valence-electron chi connectivity index (χ0n) is 52.6. The minimum absolute atomic E-state index is 0.314. The Morgan fingerprint density at radius 1 is 0.343 bits per heavy atom. The molecule has 1 unspecified atom stereocenters. The van der Waals surface area contributed by atoms with E-state index in [4.69, 9.17) is 9.97 Å². The molecule has 3 aromatic heterocycles. The fourth-order valence-corrected chi connectivity index (χ4v) is 13.8. The molecule has 0 bridgehead atoms. The van der Waals surface area contributed by atoms with Crippen LogP contribution in [-0.2, 0) is 0 Å². The topological polar surface area (TPSA) is 250 Å². The Balaban J connectivity index is 1.07. The van der Waals surface area contributed by atoms with Crippen LogP contribution in [0.1, 0.15) is 57.9 Å². The molecule has 0 N–H and O–H groups in total. The van der Waals surface area contributed by atoms with Crippen molar-refractivity contribution in [2.45, 2.75) is 13.3 Å². The van der Waals surface area contributed by atoms with Crippen molar-refractivity contribution >= 4 is 49.2 Å². The molecule has 13 heteroatoms. The van der Waals surface area contributed by atoms with Gasteiger partial charge in [0.25, 0.3) is 0 Å². The van der Waals surface area contributed by atoms with E-state index in [1.807, 2.05) is 177 Å². The first-order valence-corrected chi connectivity index (χ1v) is 31.4. The summed E-state index contributed by atoms with van der Waals surface area (Å²) in [6.07, 6.45) is 4.07. The van der Waals surface area contributed by atoms with Gasteiger partial charge >= 0.3 is 0 Å². The van der Waals surface area contributed by atoms with Crippen molar-refractivity contribution in [3.63, 3.8) is 0 Å². The van der Waals surface area contributed by atoms with Crippen LogP contribution in [0.25, 0.3) is 139 Å². The largest absolute Gasteiger partial charge is 0.309 e. The third-order valence-corrected chi connectivity index (χ3v) is 18.5. The average molecular weight is 1260 g/mol. The molecule has 0 saturated carbocycles.